The predicted octanol–water partition coefficient (Wildman–Crippen LogP) is 3.02. The molecule has 1 rings (SSSR count). The van der Waals surface area contributed by atoms with Gasteiger partial charge in [-0.05, 0) is 37.5 Å². The first-order valence-electron chi connectivity index (χ1n) is 5.20. The molecule has 0 bridgehead atoms. The topological polar surface area (TPSA) is 66.8 Å². The molecule has 4 nitrogen and oxygen atoms in total. The van der Waals surface area contributed by atoms with Gasteiger partial charge < -0.3 is 14.9 Å². The van der Waals surface area contributed by atoms with E-state index in [1.54, 1.807) is 0 Å². The number of aryl methyl sites for hydroxylation is 1. The number of phenols is 1. The maximum Gasteiger partial charge on any atom is 0.511 e. The zero-order valence-corrected chi connectivity index (χ0v) is 9.70. The van der Waals surface area contributed by atoms with Crippen LogP contribution in [0.15, 0.2) is 6.07 Å². The molecular formula is C12H16O4. The number of rotatable bonds is 3. The molecule has 0 radical (unpaired) electrons. The van der Waals surface area contributed by atoms with Crippen LogP contribution >= 0.6 is 0 Å². The molecule has 0 spiro atoms. The summed E-state index contributed by atoms with van der Waals surface area (Å²) in [5.41, 5.74) is 2.66. The molecule has 1 aromatic rings. The smallest absolute Gasteiger partial charge is 0.504 e. The Hall–Kier alpha value is -1.71. The van der Waals surface area contributed by atoms with Gasteiger partial charge >= 0.3 is 6.16 Å². The third-order valence-corrected chi connectivity index (χ3v) is 2.61. The highest BCUT2D eigenvalue weighted by molar-refractivity contribution is 5.65. The van der Waals surface area contributed by atoms with Crippen molar-refractivity contribution in [3.63, 3.8) is 0 Å². The molecule has 16 heavy (non-hydrogen) atoms. The minimum atomic E-state index is -1.42. The van der Waals surface area contributed by atoms with Crippen LogP contribution < -0.4 is 4.74 Å². The van der Waals surface area contributed by atoms with Crippen molar-refractivity contribution >= 4 is 6.16 Å². The van der Waals surface area contributed by atoms with E-state index in [2.05, 4.69) is 4.74 Å². The van der Waals surface area contributed by atoms with Crippen LogP contribution in [0, 0.1) is 13.8 Å². The van der Waals surface area contributed by atoms with E-state index in [0.29, 0.717) is 6.42 Å². The van der Waals surface area contributed by atoms with E-state index in [9.17, 15) is 9.90 Å². The Bertz CT molecular complexity index is 410. The van der Waals surface area contributed by atoms with E-state index in [-0.39, 0.29) is 11.5 Å². The van der Waals surface area contributed by atoms with Gasteiger partial charge in [0.15, 0.2) is 11.5 Å². The monoisotopic (exact) mass is 224 g/mol. The van der Waals surface area contributed by atoms with Crippen molar-refractivity contribution in [1.82, 2.24) is 0 Å². The fraction of sp³-hybridized carbons (Fsp3) is 0.417. The highest BCUT2D eigenvalue weighted by Gasteiger charge is 2.15. The van der Waals surface area contributed by atoms with Gasteiger partial charge in [-0.3, -0.25) is 0 Å². The van der Waals surface area contributed by atoms with Crippen LogP contribution in [-0.4, -0.2) is 16.4 Å². The molecule has 2 N–H and O–H groups in total. The lowest BCUT2D eigenvalue weighted by Gasteiger charge is -2.13. The summed E-state index contributed by atoms with van der Waals surface area (Å²) in [6, 6.07) is 1.54. The Balaban J connectivity index is 3.26. The van der Waals surface area contributed by atoms with Crippen LogP contribution in [0.25, 0.3) is 0 Å². The van der Waals surface area contributed by atoms with Crippen molar-refractivity contribution < 1.29 is 19.7 Å². The molecule has 0 atom stereocenters. The molecule has 0 aliphatic heterocycles. The maximum absolute atomic E-state index is 10.5. The number of phenolic OH excluding ortho intramolecular Hbond substituents is 1. The molecule has 0 unspecified atom stereocenters. The summed E-state index contributed by atoms with van der Waals surface area (Å²) in [5.74, 6) is -0.0496. The van der Waals surface area contributed by atoms with E-state index in [1.165, 1.54) is 6.07 Å². The fourth-order valence-corrected chi connectivity index (χ4v) is 1.67. The Morgan fingerprint density at radius 1 is 1.44 bits per heavy atom. The van der Waals surface area contributed by atoms with Crippen LogP contribution in [0.2, 0.25) is 0 Å². The second-order valence-electron chi connectivity index (χ2n) is 3.76. The summed E-state index contributed by atoms with van der Waals surface area (Å²) in [6.45, 7) is 5.77. The minimum absolute atomic E-state index is 0.0130. The number of benzene rings is 1. The second kappa shape index (κ2) is 4.88. The van der Waals surface area contributed by atoms with Gasteiger partial charge in [0.05, 0.1) is 0 Å². The number of ether oxygens (including phenoxy) is 1. The normalized spacial score (nSPS) is 10.2. The lowest BCUT2D eigenvalue weighted by Crippen LogP contribution is -2.05. The Kier molecular flexibility index (Phi) is 3.77. The summed E-state index contributed by atoms with van der Waals surface area (Å²) < 4.78 is 4.53. The van der Waals surface area contributed by atoms with Gasteiger partial charge in [0.1, 0.15) is 0 Å². The predicted molar refractivity (Wildman–Crippen MR) is 60.2 cm³/mol. The van der Waals surface area contributed by atoms with Crippen molar-refractivity contribution in [3.8, 4) is 11.5 Å². The molecule has 1 aromatic carbocycles. The fourth-order valence-electron chi connectivity index (χ4n) is 1.67. The van der Waals surface area contributed by atoms with Crippen molar-refractivity contribution in [1.29, 1.82) is 0 Å². The quantitative estimate of drug-likeness (QED) is 0.611. The average Bonchev–Trinajstić information content (AvgIpc) is 2.20. The van der Waals surface area contributed by atoms with Crippen LogP contribution in [0.4, 0.5) is 4.79 Å². The number of hydrogen-bond acceptors (Lipinski definition) is 3. The zero-order valence-electron chi connectivity index (χ0n) is 9.70. The molecule has 0 saturated heterocycles. The third kappa shape index (κ3) is 2.45. The summed E-state index contributed by atoms with van der Waals surface area (Å²) in [7, 11) is 0. The van der Waals surface area contributed by atoms with Crippen molar-refractivity contribution in [2.75, 3.05) is 0 Å². The number of carboxylic acid groups (broad SMARTS) is 1. The minimum Gasteiger partial charge on any atom is -0.504 e. The molecule has 0 heterocycles. The largest absolute Gasteiger partial charge is 0.511 e. The summed E-state index contributed by atoms with van der Waals surface area (Å²) in [4.78, 5) is 10.5. The van der Waals surface area contributed by atoms with Crippen LogP contribution in [0.3, 0.4) is 0 Å². The van der Waals surface area contributed by atoms with E-state index < -0.39 is 6.16 Å². The van der Waals surface area contributed by atoms with E-state index in [1.807, 2.05) is 20.8 Å². The summed E-state index contributed by atoms with van der Waals surface area (Å²) >= 11 is 0. The van der Waals surface area contributed by atoms with Crippen LogP contribution in [-0.2, 0) is 6.42 Å². The first kappa shape index (κ1) is 12.4. The molecule has 0 aliphatic rings. The molecular weight excluding hydrogens is 208 g/mol. The standard InChI is InChI=1S/C12H16O4/c1-4-5-9-8(3)7(2)6-10(11(9)13)16-12(14)15/h6,13H,4-5H2,1-3H3,(H,14,15). The van der Waals surface area contributed by atoms with E-state index in [4.69, 9.17) is 5.11 Å². The van der Waals surface area contributed by atoms with Crippen molar-refractivity contribution in [2.24, 2.45) is 0 Å². The van der Waals surface area contributed by atoms with Crippen molar-refractivity contribution in [2.45, 2.75) is 33.6 Å². The zero-order chi connectivity index (χ0) is 12.3. The first-order chi connectivity index (χ1) is 7.47. The van der Waals surface area contributed by atoms with Crippen molar-refractivity contribution in [3.05, 3.63) is 22.8 Å². The molecule has 0 aromatic heterocycles. The molecule has 0 amide bonds. The van der Waals surface area contributed by atoms with Crippen LogP contribution in [0.5, 0.6) is 11.5 Å². The third-order valence-electron chi connectivity index (χ3n) is 2.61. The SMILES string of the molecule is CCCc1c(C)c(C)cc(OC(=O)O)c1O. The lowest BCUT2D eigenvalue weighted by molar-refractivity contribution is 0.142. The highest BCUT2D eigenvalue weighted by Crippen LogP contribution is 2.35. The number of carbonyl (C=O) groups is 1. The van der Waals surface area contributed by atoms with Gasteiger partial charge in [-0.1, -0.05) is 13.3 Å². The molecule has 88 valence electrons. The molecule has 0 fully saturated rings. The first-order valence-corrected chi connectivity index (χ1v) is 5.20. The van der Waals surface area contributed by atoms with Gasteiger partial charge in [-0.25, -0.2) is 4.79 Å². The Morgan fingerprint density at radius 2 is 2.06 bits per heavy atom. The van der Waals surface area contributed by atoms with Gasteiger partial charge in [-0.15, -0.1) is 0 Å². The molecule has 0 saturated carbocycles. The second-order valence-corrected chi connectivity index (χ2v) is 3.76. The van der Waals surface area contributed by atoms with Gasteiger partial charge in [0, 0.05) is 5.56 Å². The molecule has 0 aliphatic carbocycles. The summed E-state index contributed by atoms with van der Waals surface area (Å²) in [5, 5.41) is 18.4. The summed E-state index contributed by atoms with van der Waals surface area (Å²) in [6.07, 6.45) is 0.167. The lowest BCUT2D eigenvalue weighted by atomic mass is 9.98. The maximum atomic E-state index is 10.5. The van der Waals surface area contributed by atoms with Gasteiger partial charge in [0.25, 0.3) is 0 Å². The number of aromatic hydroxyl groups is 1. The van der Waals surface area contributed by atoms with Gasteiger partial charge in [-0.2, -0.15) is 0 Å². The van der Waals surface area contributed by atoms with E-state index in [0.717, 1.165) is 23.1 Å². The Morgan fingerprint density at radius 3 is 2.56 bits per heavy atom. The van der Waals surface area contributed by atoms with E-state index >= 15 is 0 Å². The van der Waals surface area contributed by atoms with Crippen LogP contribution in [0.1, 0.15) is 30.0 Å². The average molecular weight is 224 g/mol. The highest BCUT2D eigenvalue weighted by atomic mass is 16.7. The Labute approximate surface area is 94.5 Å². The van der Waals surface area contributed by atoms with Gasteiger partial charge in [0.2, 0.25) is 0 Å². The molecule has 4 heteroatoms. The number of hydrogen-bond donors (Lipinski definition) is 2.